The highest BCUT2D eigenvalue weighted by Crippen LogP contribution is 2.28. The number of rotatable bonds is 4. The third-order valence-electron chi connectivity index (χ3n) is 2.22. The number of hydrogen-bond acceptors (Lipinski definition) is 4. The molecule has 0 fully saturated rings. The van der Waals surface area contributed by atoms with Crippen molar-refractivity contribution in [2.45, 2.75) is 12.5 Å². The molecule has 0 saturated heterocycles. The predicted octanol–water partition coefficient (Wildman–Crippen LogP) is 1.40. The van der Waals surface area contributed by atoms with Crippen molar-refractivity contribution < 1.29 is 18.7 Å². The number of methoxy groups -OCH3 is 2. The highest BCUT2D eigenvalue weighted by atomic mass is 19.1. The molecule has 1 aromatic rings. The first kappa shape index (κ1) is 12.4. The van der Waals surface area contributed by atoms with Crippen LogP contribution in [0.15, 0.2) is 18.2 Å². The second kappa shape index (κ2) is 5.46. The van der Waals surface area contributed by atoms with Gasteiger partial charge in [-0.05, 0) is 6.07 Å². The first-order valence-electron chi connectivity index (χ1n) is 4.75. The largest absolute Gasteiger partial charge is 0.493 e. The number of para-hydroxylation sites is 1. The third kappa shape index (κ3) is 2.70. The van der Waals surface area contributed by atoms with Crippen LogP contribution in [0.4, 0.5) is 4.39 Å². The van der Waals surface area contributed by atoms with Gasteiger partial charge in [0.2, 0.25) is 0 Å². The van der Waals surface area contributed by atoms with E-state index in [4.69, 9.17) is 10.5 Å². The lowest BCUT2D eigenvalue weighted by atomic mass is 10.0. The Kier molecular flexibility index (Phi) is 4.25. The summed E-state index contributed by atoms with van der Waals surface area (Å²) in [4.78, 5) is 11.0. The van der Waals surface area contributed by atoms with E-state index in [9.17, 15) is 9.18 Å². The molecule has 0 heterocycles. The fourth-order valence-electron chi connectivity index (χ4n) is 1.41. The number of nitrogens with two attached hydrogens (primary N) is 1. The van der Waals surface area contributed by atoms with E-state index in [1.807, 2.05) is 0 Å². The lowest BCUT2D eigenvalue weighted by Gasteiger charge is -2.14. The normalized spacial score (nSPS) is 12.0. The molecule has 88 valence electrons. The van der Waals surface area contributed by atoms with Crippen molar-refractivity contribution in [3.63, 3.8) is 0 Å². The van der Waals surface area contributed by atoms with Crippen molar-refractivity contribution in [2.24, 2.45) is 5.73 Å². The quantitative estimate of drug-likeness (QED) is 0.790. The van der Waals surface area contributed by atoms with Gasteiger partial charge in [0, 0.05) is 11.6 Å². The van der Waals surface area contributed by atoms with E-state index in [2.05, 4.69) is 4.74 Å². The van der Waals surface area contributed by atoms with Crippen molar-refractivity contribution in [1.82, 2.24) is 0 Å². The zero-order chi connectivity index (χ0) is 12.1. The second-order valence-corrected chi connectivity index (χ2v) is 3.25. The molecular weight excluding hydrogens is 213 g/mol. The van der Waals surface area contributed by atoms with Gasteiger partial charge in [0.1, 0.15) is 0 Å². The summed E-state index contributed by atoms with van der Waals surface area (Å²) >= 11 is 0. The Morgan fingerprint density at radius 3 is 2.75 bits per heavy atom. The highest BCUT2D eigenvalue weighted by Gasteiger charge is 2.18. The summed E-state index contributed by atoms with van der Waals surface area (Å²) in [6.07, 6.45) is -0.0175. The lowest BCUT2D eigenvalue weighted by Crippen LogP contribution is -2.17. The molecule has 0 amide bonds. The summed E-state index contributed by atoms with van der Waals surface area (Å²) in [5.41, 5.74) is 6.22. The molecule has 0 aliphatic heterocycles. The molecule has 1 atom stereocenters. The van der Waals surface area contributed by atoms with E-state index >= 15 is 0 Å². The number of esters is 1. The third-order valence-corrected chi connectivity index (χ3v) is 2.22. The molecule has 0 aliphatic rings. The average molecular weight is 227 g/mol. The van der Waals surface area contributed by atoms with Gasteiger partial charge in [-0.3, -0.25) is 4.79 Å². The number of carbonyl (C=O) groups excluding carboxylic acids is 1. The Morgan fingerprint density at radius 2 is 2.19 bits per heavy atom. The van der Waals surface area contributed by atoms with E-state index in [-0.39, 0.29) is 12.2 Å². The Bertz CT molecular complexity index is 381. The van der Waals surface area contributed by atoms with Crippen molar-refractivity contribution in [2.75, 3.05) is 14.2 Å². The standard InChI is InChI=1S/C11H14FNO3/c1-15-10(14)6-9(13)7-4-3-5-8(12)11(7)16-2/h3-5,9H,6,13H2,1-2H3/t9-/m0/s1. The number of carbonyl (C=O) groups is 1. The van der Waals surface area contributed by atoms with Gasteiger partial charge >= 0.3 is 5.97 Å². The molecule has 4 nitrogen and oxygen atoms in total. The van der Waals surface area contributed by atoms with Gasteiger partial charge in [0.15, 0.2) is 11.6 Å². The average Bonchev–Trinajstić information content (AvgIpc) is 2.28. The van der Waals surface area contributed by atoms with Gasteiger partial charge in [-0.2, -0.15) is 0 Å². The molecule has 0 aromatic heterocycles. The maximum absolute atomic E-state index is 13.3. The number of hydrogen-bond donors (Lipinski definition) is 1. The van der Waals surface area contributed by atoms with Crippen LogP contribution >= 0.6 is 0 Å². The van der Waals surface area contributed by atoms with Crippen LogP contribution in [0.25, 0.3) is 0 Å². The monoisotopic (exact) mass is 227 g/mol. The van der Waals surface area contributed by atoms with E-state index in [1.165, 1.54) is 26.4 Å². The Labute approximate surface area is 93.2 Å². The van der Waals surface area contributed by atoms with Gasteiger partial charge in [-0.15, -0.1) is 0 Å². The number of ether oxygens (including phenoxy) is 2. The molecular formula is C11H14FNO3. The topological polar surface area (TPSA) is 61.5 Å². The van der Waals surface area contributed by atoms with Crippen LogP contribution in [-0.4, -0.2) is 20.2 Å². The van der Waals surface area contributed by atoms with Crippen LogP contribution in [0.5, 0.6) is 5.75 Å². The summed E-state index contributed by atoms with van der Waals surface area (Å²) in [6.45, 7) is 0. The summed E-state index contributed by atoms with van der Waals surface area (Å²) < 4.78 is 22.7. The summed E-state index contributed by atoms with van der Waals surface area (Å²) in [5.74, 6) is -0.877. The van der Waals surface area contributed by atoms with Crippen LogP contribution in [0.2, 0.25) is 0 Å². The first-order valence-corrected chi connectivity index (χ1v) is 4.75. The van der Waals surface area contributed by atoms with Gasteiger partial charge < -0.3 is 15.2 Å². The molecule has 5 heteroatoms. The minimum Gasteiger partial charge on any atom is -0.493 e. The zero-order valence-corrected chi connectivity index (χ0v) is 9.20. The first-order chi connectivity index (χ1) is 7.60. The molecule has 1 aromatic carbocycles. The van der Waals surface area contributed by atoms with Crippen LogP contribution in [-0.2, 0) is 9.53 Å². The minimum atomic E-state index is -0.641. The van der Waals surface area contributed by atoms with Gasteiger partial charge in [-0.25, -0.2) is 4.39 Å². The minimum absolute atomic E-state index is 0.0175. The van der Waals surface area contributed by atoms with E-state index < -0.39 is 17.8 Å². The smallest absolute Gasteiger partial charge is 0.307 e. The summed E-state index contributed by atoms with van der Waals surface area (Å²) in [5, 5.41) is 0. The summed E-state index contributed by atoms with van der Waals surface area (Å²) in [6, 6.07) is 3.77. The predicted molar refractivity (Wildman–Crippen MR) is 56.5 cm³/mol. The van der Waals surface area contributed by atoms with Crippen LogP contribution in [0, 0.1) is 5.82 Å². The molecule has 0 unspecified atom stereocenters. The Morgan fingerprint density at radius 1 is 1.50 bits per heavy atom. The molecule has 0 radical (unpaired) electrons. The van der Waals surface area contributed by atoms with Crippen LogP contribution in [0.3, 0.4) is 0 Å². The fraction of sp³-hybridized carbons (Fsp3) is 0.364. The number of halogens is 1. The van der Waals surface area contributed by atoms with E-state index in [0.29, 0.717) is 5.56 Å². The maximum Gasteiger partial charge on any atom is 0.307 e. The van der Waals surface area contributed by atoms with Crippen molar-refractivity contribution in [1.29, 1.82) is 0 Å². The Hall–Kier alpha value is -1.62. The molecule has 2 N–H and O–H groups in total. The summed E-state index contributed by atoms with van der Waals surface area (Å²) in [7, 11) is 2.63. The SMILES string of the molecule is COC(=O)C[C@H](N)c1cccc(F)c1OC. The van der Waals surface area contributed by atoms with E-state index in [1.54, 1.807) is 6.07 Å². The van der Waals surface area contributed by atoms with E-state index in [0.717, 1.165) is 0 Å². The molecule has 16 heavy (non-hydrogen) atoms. The van der Waals surface area contributed by atoms with Crippen molar-refractivity contribution >= 4 is 5.97 Å². The maximum atomic E-state index is 13.3. The fourth-order valence-corrected chi connectivity index (χ4v) is 1.41. The van der Waals surface area contributed by atoms with Crippen LogP contribution in [0.1, 0.15) is 18.0 Å². The molecule has 0 spiro atoms. The highest BCUT2D eigenvalue weighted by molar-refractivity contribution is 5.70. The number of benzene rings is 1. The van der Waals surface area contributed by atoms with Crippen LogP contribution < -0.4 is 10.5 Å². The van der Waals surface area contributed by atoms with Crippen molar-refractivity contribution in [3.8, 4) is 5.75 Å². The molecule has 1 rings (SSSR count). The van der Waals surface area contributed by atoms with Crippen molar-refractivity contribution in [3.05, 3.63) is 29.6 Å². The molecule has 0 saturated carbocycles. The lowest BCUT2D eigenvalue weighted by molar-refractivity contribution is -0.141. The van der Waals surface area contributed by atoms with Gasteiger partial charge in [0.25, 0.3) is 0 Å². The second-order valence-electron chi connectivity index (χ2n) is 3.25. The zero-order valence-electron chi connectivity index (χ0n) is 9.20. The van der Waals surface area contributed by atoms with Gasteiger partial charge in [-0.1, -0.05) is 12.1 Å². The molecule has 0 aliphatic carbocycles. The van der Waals surface area contributed by atoms with Gasteiger partial charge in [0.05, 0.1) is 20.6 Å². The molecule has 0 bridgehead atoms. The Balaban J connectivity index is 2.94.